The van der Waals surface area contributed by atoms with Gasteiger partial charge >= 0.3 is 11.4 Å². The molecule has 1 N–H and O–H groups in total. The lowest BCUT2D eigenvalue weighted by atomic mass is 9.68. The molecule has 2 aromatic carbocycles. The number of ether oxygens (including phenoxy) is 2. The molecule has 0 spiro atoms. The van der Waals surface area contributed by atoms with E-state index in [0.717, 1.165) is 4.57 Å². The van der Waals surface area contributed by atoms with Crippen LogP contribution in [0.1, 0.15) is 29.6 Å². The number of aromatic hydroxyl groups is 1. The maximum absolute atomic E-state index is 14.0. The Morgan fingerprint density at radius 3 is 2.50 bits per heavy atom. The normalized spacial score (nSPS) is 18.7. The molecule has 0 fully saturated rings. The Bertz CT molecular complexity index is 2400. The fourth-order valence-corrected chi connectivity index (χ4v) is 7.66. The Hall–Kier alpha value is -4.70. The number of Topliss-reactive ketones (excluding diaryl/α,β-unsaturated/α-hetero) is 1. The summed E-state index contributed by atoms with van der Waals surface area (Å²) in [6, 6.07) is 6.95. The summed E-state index contributed by atoms with van der Waals surface area (Å²) in [6.45, 7) is -0.140. The van der Waals surface area contributed by atoms with Gasteiger partial charge in [0, 0.05) is 72.3 Å². The van der Waals surface area contributed by atoms with E-state index in [4.69, 9.17) is 21.1 Å². The first-order valence-corrected chi connectivity index (χ1v) is 16.3. The second-order valence-corrected chi connectivity index (χ2v) is 13.2. The maximum atomic E-state index is 14.0. The average Bonchev–Trinajstić information content (AvgIpc) is 3.32. The number of halogens is 2. The minimum Gasteiger partial charge on any atom is -0.508 e. The van der Waals surface area contributed by atoms with Gasteiger partial charge in [-0.05, 0) is 46.4 Å². The van der Waals surface area contributed by atoms with Crippen LogP contribution in [0.2, 0.25) is 5.02 Å². The van der Waals surface area contributed by atoms with Crippen LogP contribution in [0.25, 0.3) is 11.0 Å². The van der Waals surface area contributed by atoms with Crippen LogP contribution in [0.3, 0.4) is 0 Å². The molecule has 3 heterocycles. The van der Waals surface area contributed by atoms with E-state index >= 15 is 0 Å². The predicted octanol–water partition coefficient (Wildman–Crippen LogP) is 3.11. The molecule has 0 unspecified atom stereocenters. The second-order valence-electron chi connectivity index (χ2n) is 11.7. The monoisotopic (exact) mass is 783 g/mol. The standard InChI is InChI=1S/C33H27ClIN5O8/c1-37-23-14-27(48-3)26(47-2)13-21(23)36-20(31(37)44)7-8-38-32(45)39-9-6-16-22(40(39)33(38)46)11-18-25(42)12-19(35)30(43)29(18)28(16)17-10-15(34)4-5-24(17)41/h4-6,10,12-14,22,28,41H,7-9,11H2,1-3H3/t22-,28-/m1/s1. The number of aromatic nitrogens is 5. The van der Waals surface area contributed by atoms with Crippen LogP contribution in [-0.2, 0) is 36.1 Å². The summed E-state index contributed by atoms with van der Waals surface area (Å²) in [5.74, 6) is -0.868. The molecule has 1 aliphatic heterocycles. The largest absolute Gasteiger partial charge is 0.508 e. The van der Waals surface area contributed by atoms with Gasteiger partial charge < -0.3 is 19.1 Å². The molecule has 2 atom stereocenters. The second kappa shape index (κ2) is 11.8. The van der Waals surface area contributed by atoms with Gasteiger partial charge in [0.2, 0.25) is 0 Å². The van der Waals surface area contributed by atoms with Crippen LogP contribution in [0.4, 0.5) is 0 Å². The highest BCUT2D eigenvalue weighted by atomic mass is 127. The molecule has 0 bridgehead atoms. The van der Waals surface area contributed by atoms with Gasteiger partial charge in [-0.15, -0.1) is 0 Å². The van der Waals surface area contributed by atoms with Gasteiger partial charge in [-0.2, -0.15) is 0 Å². The summed E-state index contributed by atoms with van der Waals surface area (Å²) in [5, 5.41) is 11.2. The number of carbonyl (C=O) groups is 2. The number of hydrogen-bond donors (Lipinski definition) is 1. The lowest BCUT2D eigenvalue weighted by Crippen LogP contribution is -2.40. The first kappa shape index (κ1) is 31.9. The minimum absolute atomic E-state index is 0.0000333. The summed E-state index contributed by atoms with van der Waals surface area (Å²) in [4.78, 5) is 72.4. The van der Waals surface area contributed by atoms with Gasteiger partial charge in [-0.25, -0.2) is 28.5 Å². The zero-order chi connectivity index (χ0) is 34.2. The van der Waals surface area contributed by atoms with E-state index in [-0.39, 0.29) is 63.7 Å². The zero-order valence-corrected chi connectivity index (χ0v) is 28.7. The fraction of sp³-hybridized carbons (Fsp3) is 0.273. The van der Waals surface area contributed by atoms with Crippen molar-refractivity contribution in [1.82, 2.24) is 23.5 Å². The highest BCUT2D eigenvalue weighted by Gasteiger charge is 2.45. The summed E-state index contributed by atoms with van der Waals surface area (Å²) >= 11 is 8.15. The average molecular weight is 784 g/mol. The predicted molar refractivity (Wildman–Crippen MR) is 183 cm³/mol. The molecular formula is C33H27ClIN5O8. The lowest BCUT2D eigenvalue weighted by Gasteiger charge is -2.39. The smallest absolute Gasteiger partial charge is 0.347 e. The Kier molecular flexibility index (Phi) is 7.82. The number of hydrogen-bond acceptors (Lipinski definition) is 9. The van der Waals surface area contributed by atoms with Crippen LogP contribution in [0.5, 0.6) is 17.2 Å². The van der Waals surface area contributed by atoms with Crippen LogP contribution in [-0.4, -0.2) is 54.4 Å². The van der Waals surface area contributed by atoms with Gasteiger partial charge in [0.1, 0.15) is 11.4 Å². The number of phenolic OH excluding ortho intramolecular Hbond substituents is 1. The number of benzene rings is 2. The number of carbonyl (C=O) groups excluding carboxylic acids is 2. The molecular weight excluding hydrogens is 757 g/mol. The number of rotatable bonds is 6. The van der Waals surface area contributed by atoms with Gasteiger partial charge in [0.05, 0.1) is 41.4 Å². The summed E-state index contributed by atoms with van der Waals surface area (Å²) in [5.41, 5.74) is 0.841. The molecule has 2 aliphatic carbocycles. The van der Waals surface area contributed by atoms with E-state index < -0.39 is 28.9 Å². The molecule has 0 radical (unpaired) electrons. The van der Waals surface area contributed by atoms with Crippen molar-refractivity contribution in [2.24, 2.45) is 7.05 Å². The molecule has 4 aromatic rings. The number of nitrogens with zero attached hydrogens (tertiary/aromatic N) is 5. The topological polar surface area (TPSA) is 157 Å². The quantitative estimate of drug-likeness (QED) is 0.176. The van der Waals surface area contributed by atoms with Crippen LogP contribution < -0.4 is 26.4 Å². The first-order valence-electron chi connectivity index (χ1n) is 14.9. The molecule has 7 rings (SSSR count). The molecule has 2 aromatic heterocycles. The van der Waals surface area contributed by atoms with Crippen molar-refractivity contribution in [2.75, 3.05) is 14.2 Å². The van der Waals surface area contributed by atoms with Crippen LogP contribution in [0.15, 0.2) is 77.2 Å². The molecule has 13 nitrogen and oxygen atoms in total. The molecule has 0 saturated heterocycles. The van der Waals surface area contributed by atoms with E-state index in [1.807, 2.05) is 22.6 Å². The lowest BCUT2D eigenvalue weighted by molar-refractivity contribution is -0.115. The van der Waals surface area contributed by atoms with E-state index in [1.165, 1.54) is 52.4 Å². The van der Waals surface area contributed by atoms with Gasteiger partial charge in [-0.3, -0.25) is 14.4 Å². The third kappa shape index (κ3) is 4.79. The highest BCUT2D eigenvalue weighted by Crippen LogP contribution is 2.52. The molecule has 246 valence electrons. The first-order chi connectivity index (χ1) is 22.9. The summed E-state index contributed by atoms with van der Waals surface area (Å²) < 4.78 is 16.0. The minimum atomic E-state index is -0.882. The molecule has 0 saturated carbocycles. The number of fused-ring (bicyclic) bond motifs is 4. The van der Waals surface area contributed by atoms with E-state index in [2.05, 4.69) is 4.98 Å². The van der Waals surface area contributed by atoms with Crippen molar-refractivity contribution in [2.45, 2.75) is 37.9 Å². The number of phenols is 1. The number of aryl methyl sites for hydroxylation is 2. The Balaban J connectivity index is 1.30. The zero-order valence-electron chi connectivity index (χ0n) is 25.8. The number of allylic oxidation sites excluding steroid dienone is 6. The van der Waals surface area contributed by atoms with Crippen molar-refractivity contribution in [3.8, 4) is 17.2 Å². The van der Waals surface area contributed by atoms with Gasteiger partial charge in [0.15, 0.2) is 23.1 Å². The molecule has 3 aliphatic rings. The maximum Gasteiger partial charge on any atom is 0.347 e. The van der Waals surface area contributed by atoms with Crippen LogP contribution in [0, 0.1) is 0 Å². The summed E-state index contributed by atoms with van der Waals surface area (Å²) in [7, 11) is 4.58. The molecule has 15 heteroatoms. The SMILES string of the molecule is COc1cc2nc(CCn3c(=O)n4n(c3=O)[C@@H]3CC5=C(C(=O)C(I)=CC5=O)[C@@H](c5cc(Cl)ccc5O)C3=CC4)c(=O)n(C)c2cc1OC. The fourth-order valence-electron chi connectivity index (χ4n) is 6.91. The molecule has 48 heavy (non-hydrogen) atoms. The van der Waals surface area contributed by atoms with Crippen molar-refractivity contribution < 1.29 is 24.2 Å². The van der Waals surface area contributed by atoms with Crippen molar-refractivity contribution >= 4 is 56.8 Å². The van der Waals surface area contributed by atoms with Crippen molar-refractivity contribution in [3.63, 3.8) is 0 Å². The van der Waals surface area contributed by atoms with E-state index in [9.17, 15) is 29.1 Å². The third-order valence-corrected chi connectivity index (χ3v) is 10.2. The van der Waals surface area contributed by atoms with E-state index in [0.29, 0.717) is 38.7 Å². The van der Waals surface area contributed by atoms with Crippen molar-refractivity contribution in [1.29, 1.82) is 0 Å². The van der Waals surface area contributed by atoms with E-state index in [1.54, 1.807) is 25.3 Å². The number of ketones is 2. The Labute approximate surface area is 290 Å². The highest BCUT2D eigenvalue weighted by molar-refractivity contribution is 14.1. The summed E-state index contributed by atoms with van der Waals surface area (Å²) in [6.07, 6.45) is 2.99. The van der Waals surface area contributed by atoms with Crippen LogP contribution >= 0.6 is 34.2 Å². The molecule has 0 amide bonds. The van der Waals surface area contributed by atoms with Gasteiger partial charge in [-0.1, -0.05) is 17.7 Å². The Morgan fingerprint density at radius 2 is 1.77 bits per heavy atom. The Morgan fingerprint density at radius 1 is 1.04 bits per heavy atom. The number of methoxy groups -OCH3 is 2. The van der Waals surface area contributed by atoms with Gasteiger partial charge in [0.25, 0.3) is 5.56 Å². The third-order valence-electron chi connectivity index (χ3n) is 9.20. The van der Waals surface area contributed by atoms with Crippen molar-refractivity contribution in [3.05, 3.63) is 110 Å².